The molecule has 1 aromatic rings. The smallest absolute Gasteiger partial charge is 0.0644 e. The molecular weight excluding hydrogens is 138 g/mol. The van der Waals surface area contributed by atoms with Crippen LogP contribution in [0.15, 0.2) is 12.4 Å². The first kappa shape index (κ1) is 7.80. The standard InChI is InChI=1S/C8H11N3/c1-7-5-10-11(6-7)8(2)3-4-9/h5-6,8H,3H2,1-2H3/t8-/m1/s1. The zero-order valence-electron chi connectivity index (χ0n) is 6.78. The number of nitriles is 1. The van der Waals surface area contributed by atoms with E-state index in [1.54, 1.807) is 6.20 Å². The van der Waals surface area contributed by atoms with E-state index in [1.165, 1.54) is 0 Å². The van der Waals surface area contributed by atoms with E-state index < -0.39 is 0 Å². The second-order valence-electron chi connectivity index (χ2n) is 2.71. The molecule has 0 aromatic carbocycles. The number of hydrogen-bond acceptors (Lipinski definition) is 2. The summed E-state index contributed by atoms with van der Waals surface area (Å²) in [4.78, 5) is 0. The molecular formula is C8H11N3. The highest BCUT2D eigenvalue weighted by Gasteiger charge is 2.03. The van der Waals surface area contributed by atoms with Crippen LogP contribution in [0.1, 0.15) is 24.9 Å². The van der Waals surface area contributed by atoms with E-state index in [0.717, 1.165) is 5.56 Å². The lowest BCUT2D eigenvalue weighted by Gasteiger charge is -2.05. The maximum Gasteiger partial charge on any atom is 0.0644 e. The van der Waals surface area contributed by atoms with Crippen LogP contribution in [0, 0.1) is 18.3 Å². The predicted octanol–water partition coefficient (Wildman–Crippen LogP) is 1.67. The van der Waals surface area contributed by atoms with Crippen molar-refractivity contribution >= 4 is 0 Å². The Labute approximate surface area is 66.3 Å². The summed E-state index contributed by atoms with van der Waals surface area (Å²) >= 11 is 0. The summed E-state index contributed by atoms with van der Waals surface area (Å²) in [6.07, 6.45) is 4.26. The number of hydrogen-bond donors (Lipinski definition) is 0. The summed E-state index contributed by atoms with van der Waals surface area (Å²) in [6.45, 7) is 3.97. The number of aromatic nitrogens is 2. The van der Waals surface area contributed by atoms with Gasteiger partial charge in [0, 0.05) is 6.20 Å². The van der Waals surface area contributed by atoms with Gasteiger partial charge >= 0.3 is 0 Å². The second kappa shape index (κ2) is 3.20. The van der Waals surface area contributed by atoms with Crippen LogP contribution in [0.4, 0.5) is 0 Å². The van der Waals surface area contributed by atoms with Crippen molar-refractivity contribution in [1.82, 2.24) is 9.78 Å². The number of rotatable bonds is 2. The quantitative estimate of drug-likeness (QED) is 0.641. The van der Waals surface area contributed by atoms with E-state index in [-0.39, 0.29) is 6.04 Å². The lowest BCUT2D eigenvalue weighted by Crippen LogP contribution is -2.03. The summed E-state index contributed by atoms with van der Waals surface area (Å²) in [7, 11) is 0. The SMILES string of the molecule is Cc1cnn([C@H](C)CC#N)c1. The summed E-state index contributed by atoms with van der Waals surface area (Å²) in [5, 5.41) is 12.5. The fourth-order valence-corrected chi connectivity index (χ4v) is 0.900. The van der Waals surface area contributed by atoms with Crippen LogP contribution in [0.5, 0.6) is 0 Å². The van der Waals surface area contributed by atoms with E-state index in [0.29, 0.717) is 6.42 Å². The van der Waals surface area contributed by atoms with Gasteiger partial charge in [-0.1, -0.05) is 0 Å². The van der Waals surface area contributed by atoms with Crippen molar-refractivity contribution in [3.63, 3.8) is 0 Å². The van der Waals surface area contributed by atoms with Gasteiger partial charge in [-0.15, -0.1) is 0 Å². The Hall–Kier alpha value is -1.30. The first-order valence-electron chi connectivity index (χ1n) is 3.61. The normalized spacial score (nSPS) is 12.5. The molecule has 0 spiro atoms. The average Bonchev–Trinajstić information content (AvgIpc) is 2.36. The third-order valence-corrected chi connectivity index (χ3v) is 1.57. The van der Waals surface area contributed by atoms with Gasteiger partial charge in [0.05, 0.1) is 24.7 Å². The molecule has 58 valence electrons. The molecule has 11 heavy (non-hydrogen) atoms. The molecule has 0 fully saturated rings. The maximum absolute atomic E-state index is 8.41. The molecule has 0 aliphatic heterocycles. The van der Waals surface area contributed by atoms with Crippen LogP contribution < -0.4 is 0 Å². The lowest BCUT2D eigenvalue weighted by molar-refractivity contribution is 0.500. The van der Waals surface area contributed by atoms with Crippen molar-refractivity contribution in [2.45, 2.75) is 26.3 Å². The Morgan fingerprint density at radius 3 is 3.00 bits per heavy atom. The van der Waals surface area contributed by atoms with E-state index >= 15 is 0 Å². The molecule has 0 amide bonds. The molecule has 0 bridgehead atoms. The monoisotopic (exact) mass is 149 g/mol. The Kier molecular flexibility index (Phi) is 2.27. The molecule has 0 N–H and O–H groups in total. The minimum absolute atomic E-state index is 0.189. The highest BCUT2D eigenvalue weighted by atomic mass is 15.3. The van der Waals surface area contributed by atoms with Gasteiger partial charge in [0.2, 0.25) is 0 Å². The Morgan fingerprint density at radius 2 is 2.55 bits per heavy atom. The van der Waals surface area contributed by atoms with Crippen LogP contribution in [0.3, 0.4) is 0 Å². The Balaban J connectivity index is 2.70. The molecule has 1 atom stereocenters. The van der Waals surface area contributed by atoms with Gasteiger partial charge < -0.3 is 0 Å². The maximum atomic E-state index is 8.41. The van der Waals surface area contributed by atoms with Gasteiger partial charge in [0.25, 0.3) is 0 Å². The van der Waals surface area contributed by atoms with Gasteiger partial charge in [0.15, 0.2) is 0 Å². The molecule has 1 heterocycles. The summed E-state index contributed by atoms with van der Waals surface area (Å²) in [6, 6.07) is 2.30. The van der Waals surface area contributed by atoms with Crippen molar-refractivity contribution in [3.05, 3.63) is 18.0 Å². The summed E-state index contributed by atoms with van der Waals surface area (Å²) in [5.41, 5.74) is 1.13. The molecule has 1 aromatic heterocycles. The molecule has 0 radical (unpaired) electrons. The van der Waals surface area contributed by atoms with Crippen molar-refractivity contribution < 1.29 is 0 Å². The van der Waals surface area contributed by atoms with Gasteiger partial charge in [-0.2, -0.15) is 10.4 Å². The van der Waals surface area contributed by atoms with Gasteiger partial charge in [0.1, 0.15) is 0 Å². The summed E-state index contributed by atoms with van der Waals surface area (Å²) in [5.74, 6) is 0. The van der Waals surface area contributed by atoms with E-state index in [2.05, 4.69) is 11.2 Å². The van der Waals surface area contributed by atoms with Crippen LogP contribution in [-0.4, -0.2) is 9.78 Å². The molecule has 0 unspecified atom stereocenters. The minimum Gasteiger partial charge on any atom is -0.269 e. The molecule has 0 saturated carbocycles. The van der Waals surface area contributed by atoms with Gasteiger partial charge in [-0.05, 0) is 19.4 Å². The molecule has 0 saturated heterocycles. The van der Waals surface area contributed by atoms with Crippen LogP contribution in [0.2, 0.25) is 0 Å². The van der Waals surface area contributed by atoms with Crippen LogP contribution in [0.25, 0.3) is 0 Å². The second-order valence-corrected chi connectivity index (χ2v) is 2.71. The van der Waals surface area contributed by atoms with Crippen LogP contribution in [-0.2, 0) is 0 Å². The first-order valence-corrected chi connectivity index (χ1v) is 3.61. The topological polar surface area (TPSA) is 41.6 Å². The zero-order chi connectivity index (χ0) is 8.27. The fraction of sp³-hybridized carbons (Fsp3) is 0.500. The van der Waals surface area contributed by atoms with Crippen molar-refractivity contribution in [2.75, 3.05) is 0 Å². The molecule has 3 heteroatoms. The Bertz CT molecular complexity index is 269. The van der Waals surface area contributed by atoms with E-state index in [1.807, 2.05) is 24.7 Å². The van der Waals surface area contributed by atoms with Crippen molar-refractivity contribution in [1.29, 1.82) is 5.26 Å². The number of aryl methyl sites for hydroxylation is 1. The fourth-order valence-electron chi connectivity index (χ4n) is 0.900. The molecule has 0 aliphatic carbocycles. The lowest BCUT2D eigenvalue weighted by atomic mass is 10.2. The largest absolute Gasteiger partial charge is 0.269 e. The zero-order valence-corrected chi connectivity index (χ0v) is 6.78. The Morgan fingerprint density at radius 1 is 1.82 bits per heavy atom. The molecule has 0 aliphatic rings. The predicted molar refractivity (Wildman–Crippen MR) is 41.9 cm³/mol. The van der Waals surface area contributed by atoms with Crippen molar-refractivity contribution in [2.24, 2.45) is 0 Å². The number of nitrogens with zero attached hydrogens (tertiary/aromatic N) is 3. The van der Waals surface area contributed by atoms with E-state index in [4.69, 9.17) is 5.26 Å². The molecule has 3 nitrogen and oxygen atoms in total. The van der Waals surface area contributed by atoms with Gasteiger partial charge in [-0.3, -0.25) is 4.68 Å². The third-order valence-electron chi connectivity index (χ3n) is 1.57. The highest BCUT2D eigenvalue weighted by Crippen LogP contribution is 2.08. The average molecular weight is 149 g/mol. The van der Waals surface area contributed by atoms with Crippen LogP contribution >= 0.6 is 0 Å². The van der Waals surface area contributed by atoms with E-state index in [9.17, 15) is 0 Å². The molecule has 1 rings (SSSR count). The highest BCUT2D eigenvalue weighted by molar-refractivity contribution is 5.00. The summed E-state index contributed by atoms with van der Waals surface area (Å²) < 4.78 is 1.82. The minimum atomic E-state index is 0.189. The van der Waals surface area contributed by atoms with Crippen molar-refractivity contribution in [3.8, 4) is 6.07 Å². The third kappa shape index (κ3) is 1.81. The first-order chi connectivity index (χ1) is 5.24. The van der Waals surface area contributed by atoms with Gasteiger partial charge in [-0.25, -0.2) is 0 Å².